The third-order valence-corrected chi connectivity index (χ3v) is 10.8. The number of alkyl carbamates (subject to hydrolysis) is 1. The van der Waals surface area contributed by atoms with Crippen LogP contribution in [0.5, 0.6) is 0 Å². The smallest absolute Gasteiger partial charge is 0.410 e. The number of fused-ring (bicyclic) bond motifs is 1. The Morgan fingerprint density at radius 2 is 1.88 bits per heavy atom. The number of hydrogen-bond acceptors (Lipinski definition) is 10. The van der Waals surface area contributed by atoms with E-state index in [1.54, 1.807) is 40.0 Å². The van der Waals surface area contributed by atoms with Crippen LogP contribution in [0.1, 0.15) is 57.6 Å². The van der Waals surface area contributed by atoms with Crippen molar-refractivity contribution in [2.24, 2.45) is 5.92 Å². The standard InChI is InChI=1S/C32H43FN6O9S/c1-6-19-13-32(19,28(42)37-49(45,46)21-10-11-21)36-26(40)25-12-20(47-30(44)38-15-18-8-7-9-23(33)22(18)17-38)16-39(25)27(41)24(14-34-5)35-29(43)48-31(2,3)4/h6-9,19-21,24-25,34H,1,10-17H2,2-5H3,(H,35,43)(H,36,40)(H,37,42)/t19-,20-,24+,25+,32-/m1/s1. The maximum absolute atomic E-state index is 14.3. The SMILES string of the molecule is C=C[C@@H]1C[C@]1(NC(=O)[C@@H]1C[C@@H](OC(=O)N2Cc3cccc(F)c3C2)CN1C(=O)[C@H](CNC)NC(=O)OC(C)(C)C)C(=O)NS(=O)(=O)C1CC1. The molecule has 49 heavy (non-hydrogen) atoms. The first-order chi connectivity index (χ1) is 23.0. The second kappa shape index (κ2) is 13.6. The number of halogens is 1. The second-order valence-corrected chi connectivity index (χ2v) is 15.9. The molecule has 5 atom stereocenters. The lowest BCUT2D eigenvalue weighted by molar-refractivity contribution is -0.141. The van der Waals surface area contributed by atoms with Crippen LogP contribution in [0.15, 0.2) is 30.9 Å². The first-order valence-corrected chi connectivity index (χ1v) is 17.7. The van der Waals surface area contributed by atoms with E-state index in [1.807, 2.05) is 0 Å². The van der Waals surface area contributed by atoms with Crippen LogP contribution in [0.3, 0.4) is 0 Å². The quantitative estimate of drug-likeness (QED) is 0.242. The molecule has 5 amide bonds. The maximum atomic E-state index is 14.3. The van der Waals surface area contributed by atoms with Crippen LogP contribution >= 0.6 is 0 Å². The number of benzene rings is 1. The summed E-state index contributed by atoms with van der Waals surface area (Å²) < 4.78 is 52.6. The second-order valence-electron chi connectivity index (χ2n) is 13.9. The Kier molecular flexibility index (Phi) is 9.98. The van der Waals surface area contributed by atoms with E-state index >= 15 is 0 Å². The van der Waals surface area contributed by atoms with E-state index in [0.717, 1.165) is 4.90 Å². The van der Waals surface area contributed by atoms with Gasteiger partial charge >= 0.3 is 12.2 Å². The van der Waals surface area contributed by atoms with Gasteiger partial charge in [-0.3, -0.25) is 24.0 Å². The number of hydrogen-bond donors (Lipinski definition) is 4. The number of carbonyl (C=O) groups excluding carboxylic acids is 5. The van der Waals surface area contributed by atoms with Crippen molar-refractivity contribution >= 4 is 39.9 Å². The normalized spacial score (nSPS) is 25.1. The summed E-state index contributed by atoms with van der Waals surface area (Å²) in [6, 6.07) is 2.07. The molecule has 15 nitrogen and oxygen atoms in total. The van der Waals surface area contributed by atoms with E-state index in [4.69, 9.17) is 9.47 Å². The van der Waals surface area contributed by atoms with E-state index in [1.165, 1.54) is 17.0 Å². The molecule has 1 saturated heterocycles. The molecule has 4 aliphatic rings. The number of carbonyl (C=O) groups is 5. The summed E-state index contributed by atoms with van der Waals surface area (Å²) in [4.78, 5) is 69.6. The van der Waals surface area contributed by atoms with Gasteiger partial charge in [-0.25, -0.2) is 22.4 Å². The minimum absolute atomic E-state index is 0.0193. The number of amides is 5. The predicted octanol–water partition coefficient (Wildman–Crippen LogP) is 1.03. The summed E-state index contributed by atoms with van der Waals surface area (Å²) >= 11 is 0. The third-order valence-electron chi connectivity index (χ3n) is 8.95. The molecule has 0 bridgehead atoms. The number of likely N-dealkylation sites (N-methyl/N-ethyl adjacent to an activating group) is 1. The Labute approximate surface area is 284 Å². The fraction of sp³-hybridized carbons (Fsp3) is 0.594. The largest absolute Gasteiger partial charge is 0.444 e. The minimum Gasteiger partial charge on any atom is -0.444 e. The lowest BCUT2D eigenvalue weighted by atomic mass is 10.1. The van der Waals surface area contributed by atoms with Crippen LogP contribution in [0.4, 0.5) is 14.0 Å². The summed E-state index contributed by atoms with van der Waals surface area (Å²) in [5.74, 6) is -3.41. The summed E-state index contributed by atoms with van der Waals surface area (Å²) in [5, 5.41) is 7.34. The molecule has 2 aliphatic carbocycles. The van der Waals surface area contributed by atoms with Crippen molar-refractivity contribution in [1.82, 2.24) is 30.5 Å². The highest BCUT2D eigenvalue weighted by molar-refractivity contribution is 7.91. The average molecular weight is 707 g/mol. The van der Waals surface area contributed by atoms with Crippen LogP contribution in [-0.2, 0) is 47.0 Å². The fourth-order valence-electron chi connectivity index (χ4n) is 6.18. The number of likely N-dealkylation sites (tertiary alicyclic amines) is 1. The van der Waals surface area contributed by atoms with Crippen molar-refractivity contribution < 1.29 is 46.3 Å². The lowest BCUT2D eigenvalue weighted by Crippen LogP contribution is -2.59. The van der Waals surface area contributed by atoms with Crippen molar-refractivity contribution in [3.8, 4) is 0 Å². The molecule has 1 aromatic carbocycles. The molecule has 4 N–H and O–H groups in total. The van der Waals surface area contributed by atoms with Crippen LogP contribution in [0.2, 0.25) is 0 Å². The first-order valence-electron chi connectivity index (χ1n) is 16.1. The molecule has 1 aromatic rings. The molecule has 17 heteroatoms. The Hall–Kier alpha value is -4.25. The Morgan fingerprint density at radius 1 is 1.16 bits per heavy atom. The maximum Gasteiger partial charge on any atom is 0.410 e. The molecule has 2 aliphatic heterocycles. The monoisotopic (exact) mass is 706 g/mol. The molecular weight excluding hydrogens is 663 g/mol. The van der Waals surface area contributed by atoms with Crippen LogP contribution in [-0.4, -0.2) is 103 Å². The number of sulfonamides is 1. The summed E-state index contributed by atoms with van der Waals surface area (Å²) in [5.41, 5.74) is -1.47. The summed E-state index contributed by atoms with van der Waals surface area (Å²) in [6.07, 6.45) is -0.434. The van der Waals surface area contributed by atoms with Gasteiger partial charge in [0.2, 0.25) is 21.8 Å². The molecule has 0 spiro atoms. The number of nitrogens with zero attached hydrogens (tertiary/aromatic N) is 2. The molecule has 2 saturated carbocycles. The summed E-state index contributed by atoms with van der Waals surface area (Å²) in [6.45, 7) is 8.48. The van der Waals surface area contributed by atoms with Gasteiger partial charge in [0.1, 0.15) is 35.1 Å². The zero-order valence-electron chi connectivity index (χ0n) is 27.9. The number of rotatable bonds is 11. The van der Waals surface area contributed by atoms with Crippen molar-refractivity contribution in [1.29, 1.82) is 0 Å². The third kappa shape index (κ3) is 7.98. The molecule has 2 heterocycles. The topological polar surface area (TPSA) is 193 Å². The highest BCUT2D eigenvalue weighted by atomic mass is 32.2. The lowest BCUT2D eigenvalue weighted by Gasteiger charge is -2.30. The number of ether oxygens (including phenoxy) is 2. The van der Waals surface area contributed by atoms with Gasteiger partial charge < -0.3 is 30.3 Å². The van der Waals surface area contributed by atoms with E-state index in [9.17, 15) is 36.8 Å². The van der Waals surface area contributed by atoms with E-state index in [2.05, 4.69) is 27.3 Å². The molecule has 5 rings (SSSR count). The molecule has 0 radical (unpaired) electrons. The minimum atomic E-state index is -3.93. The zero-order chi connectivity index (χ0) is 35.9. The van der Waals surface area contributed by atoms with E-state index in [-0.39, 0.29) is 39.0 Å². The highest BCUT2D eigenvalue weighted by Crippen LogP contribution is 2.45. The van der Waals surface area contributed by atoms with E-state index in [0.29, 0.717) is 24.0 Å². The van der Waals surface area contributed by atoms with Gasteiger partial charge in [-0.1, -0.05) is 18.2 Å². The van der Waals surface area contributed by atoms with Gasteiger partial charge in [-0.15, -0.1) is 6.58 Å². The van der Waals surface area contributed by atoms with Gasteiger partial charge in [-0.2, -0.15) is 0 Å². The zero-order valence-corrected chi connectivity index (χ0v) is 28.7. The van der Waals surface area contributed by atoms with Gasteiger partial charge in [-0.05, 0) is 58.7 Å². The van der Waals surface area contributed by atoms with Gasteiger partial charge in [0.15, 0.2) is 0 Å². The Balaban J connectivity index is 1.35. The van der Waals surface area contributed by atoms with Crippen molar-refractivity contribution in [2.45, 2.75) is 94.1 Å². The predicted molar refractivity (Wildman–Crippen MR) is 172 cm³/mol. The van der Waals surface area contributed by atoms with Crippen molar-refractivity contribution in [3.63, 3.8) is 0 Å². The fourth-order valence-corrected chi connectivity index (χ4v) is 7.54. The molecule has 0 unspecified atom stereocenters. The van der Waals surface area contributed by atoms with Crippen LogP contribution < -0.4 is 20.7 Å². The number of nitrogens with one attached hydrogen (secondary N) is 4. The highest BCUT2D eigenvalue weighted by Gasteiger charge is 2.62. The molecular formula is C32H43FN6O9S. The van der Waals surface area contributed by atoms with Crippen LogP contribution in [0, 0.1) is 11.7 Å². The van der Waals surface area contributed by atoms with Gasteiger partial charge in [0.25, 0.3) is 5.91 Å². The molecule has 0 aromatic heterocycles. The first kappa shape index (κ1) is 36.0. The average Bonchev–Trinajstić information content (AvgIpc) is 3.90. The van der Waals surface area contributed by atoms with Crippen molar-refractivity contribution in [3.05, 3.63) is 47.8 Å². The van der Waals surface area contributed by atoms with E-state index < -0.39 is 86.2 Å². The Morgan fingerprint density at radius 3 is 2.47 bits per heavy atom. The molecule has 3 fully saturated rings. The van der Waals surface area contributed by atoms with Crippen molar-refractivity contribution in [2.75, 3.05) is 20.1 Å². The van der Waals surface area contributed by atoms with Gasteiger partial charge in [0, 0.05) is 31.0 Å². The summed E-state index contributed by atoms with van der Waals surface area (Å²) in [7, 11) is -2.37. The Bertz CT molecular complexity index is 1650. The molecule has 268 valence electrons. The van der Waals surface area contributed by atoms with Gasteiger partial charge in [0.05, 0.1) is 18.3 Å². The van der Waals surface area contributed by atoms with Crippen LogP contribution in [0.25, 0.3) is 0 Å².